The van der Waals surface area contributed by atoms with Gasteiger partial charge in [-0.1, -0.05) is 11.8 Å². The summed E-state index contributed by atoms with van der Waals surface area (Å²) in [5, 5.41) is -1.20. The number of alkyl halides is 3. The second kappa shape index (κ2) is 7.83. The molecule has 0 saturated heterocycles. The van der Waals surface area contributed by atoms with E-state index in [2.05, 4.69) is 12.6 Å². The van der Waals surface area contributed by atoms with E-state index in [-0.39, 0.29) is 12.0 Å². The summed E-state index contributed by atoms with van der Waals surface area (Å²) in [5.41, 5.74) is 0. The van der Waals surface area contributed by atoms with Gasteiger partial charge >= 0.3 is 6.18 Å². The molecule has 2 atom stereocenters. The first-order valence-corrected chi connectivity index (χ1v) is 6.67. The van der Waals surface area contributed by atoms with E-state index in [9.17, 15) is 27.6 Å². The average Bonchev–Trinajstić information content (AvgIpc) is 2.23. The van der Waals surface area contributed by atoms with Gasteiger partial charge in [-0.05, 0) is 19.1 Å². The second-order valence-electron chi connectivity index (χ2n) is 3.54. The normalized spacial score (nSPS) is 14.9. The van der Waals surface area contributed by atoms with Gasteiger partial charge in [0, 0.05) is 5.75 Å². The number of thioether (sulfide) groups is 1. The Morgan fingerprint density at radius 2 is 1.94 bits per heavy atom. The molecule has 0 spiro atoms. The third kappa shape index (κ3) is 5.43. The van der Waals surface area contributed by atoms with Gasteiger partial charge in [0.05, 0.1) is 5.92 Å². The summed E-state index contributed by atoms with van der Waals surface area (Å²) in [6, 6.07) is 0. The zero-order chi connectivity index (χ0) is 14.3. The van der Waals surface area contributed by atoms with E-state index in [1.165, 1.54) is 0 Å². The van der Waals surface area contributed by atoms with Crippen LogP contribution in [0.3, 0.4) is 0 Å². The van der Waals surface area contributed by atoms with Gasteiger partial charge in [0.15, 0.2) is 0 Å². The van der Waals surface area contributed by atoms with Crippen molar-refractivity contribution in [2.45, 2.75) is 19.5 Å². The van der Waals surface area contributed by atoms with Crippen molar-refractivity contribution in [3.05, 3.63) is 0 Å². The molecule has 0 bridgehead atoms. The predicted molar refractivity (Wildman–Crippen MR) is 65.7 cm³/mol. The maximum absolute atomic E-state index is 12.7. The molecule has 8 heteroatoms. The van der Waals surface area contributed by atoms with Crippen molar-refractivity contribution in [3.63, 3.8) is 0 Å². The molecular weight excluding hydrogens is 289 g/mol. The van der Waals surface area contributed by atoms with Crippen LogP contribution in [0.1, 0.15) is 13.3 Å². The molecule has 0 fully saturated rings. The third-order valence-electron chi connectivity index (χ3n) is 2.13. The van der Waals surface area contributed by atoms with E-state index in [0.29, 0.717) is 23.9 Å². The molecule has 2 unspecified atom stereocenters. The molecule has 0 N–H and O–H groups in total. The van der Waals surface area contributed by atoms with Gasteiger partial charge in [-0.15, -0.1) is 0 Å². The predicted octanol–water partition coefficient (Wildman–Crippen LogP) is 2.15. The highest BCUT2D eigenvalue weighted by Crippen LogP contribution is 2.35. The lowest BCUT2D eigenvalue weighted by atomic mass is 9.91. The van der Waals surface area contributed by atoms with Crippen molar-refractivity contribution in [2.24, 2.45) is 11.8 Å². The summed E-state index contributed by atoms with van der Waals surface area (Å²) in [6.45, 7) is 0.865. The Balaban J connectivity index is 4.94. The number of carbonyl (C=O) groups excluding carboxylic acids is 3. The lowest BCUT2D eigenvalue weighted by molar-refractivity contribution is -0.188. The summed E-state index contributed by atoms with van der Waals surface area (Å²) in [7, 11) is 0. The number of aldehydes is 1. The number of Topliss-reactive ketones (excluding diaryl/α,β-unsaturated/α-hetero) is 1. The van der Waals surface area contributed by atoms with E-state index >= 15 is 0 Å². The Morgan fingerprint density at radius 3 is 2.28 bits per heavy atom. The van der Waals surface area contributed by atoms with E-state index in [1.54, 1.807) is 0 Å². The molecule has 0 radical (unpaired) electrons. The maximum Gasteiger partial charge on any atom is 0.400 e. The summed E-state index contributed by atoms with van der Waals surface area (Å²) < 4.78 is 38.2. The molecule has 0 aromatic heterocycles. The average molecular weight is 302 g/mol. The van der Waals surface area contributed by atoms with Crippen LogP contribution in [0, 0.1) is 11.8 Å². The molecule has 104 valence electrons. The highest BCUT2D eigenvalue weighted by molar-refractivity contribution is 8.13. The molecule has 0 saturated carbocycles. The van der Waals surface area contributed by atoms with Crippen LogP contribution >= 0.6 is 24.4 Å². The molecule has 0 aromatic carbocycles. The van der Waals surface area contributed by atoms with Crippen LogP contribution in [-0.2, 0) is 14.4 Å². The fraction of sp³-hybridized carbons (Fsp3) is 0.700. The van der Waals surface area contributed by atoms with E-state index < -0.39 is 28.9 Å². The molecule has 0 aliphatic heterocycles. The van der Waals surface area contributed by atoms with Crippen LogP contribution in [0.25, 0.3) is 0 Å². The van der Waals surface area contributed by atoms with Crippen molar-refractivity contribution >= 4 is 41.6 Å². The van der Waals surface area contributed by atoms with Gasteiger partial charge in [-0.2, -0.15) is 25.8 Å². The zero-order valence-electron chi connectivity index (χ0n) is 9.57. The van der Waals surface area contributed by atoms with Crippen molar-refractivity contribution in [1.82, 2.24) is 0 Å². The smallest absolute Gasteiger partial charge is 0.303 e. The van der Waals surface area contributed by atoms with Crippen molar-refractivity contribution in [3.8, 4) is 0 Å². The molecular formula is C10H13F3O3S2. The van der Waals surface area contributed by atoms with Crippen LogP contribution in [-0.4, -0.2) is 34.9 Å². The summed E-state index contributed by atoms with van der Waals surface area (Å²) >= 11 is 4.34. The monoisotopic (exact) mass is 302 g/mol. The maximum atomic E-state index is 12.7. The van der Waals surface area contributed by atoms with Gasteiger partial charge in [0.1, 0.15) is 18.0 Å². The summed E-state index contributed by atoms with van der Waals surface area (Å²) in [5.74, 6) is -4.85. The molecule has 3 nitrogen and oxygen atoms in total. The second-order valence-corrected chi connectivity index (χ2v) is 5.08. The molecule has 0 amide bonds. The Labute approximate surface area is 112 Å². The summed E-state index contributed by atoms with van der Waals surface area (Å²) in [4.78, 5) is 33.0. The van der Waals surface area contributed by atoms with E-state index in [0.717, 1.165) is 6.92 Å². The SMILES string of the molecule is CC(=O)C(C=O)C(C(=O)SCCCS)C(F)(F)F. The van der Waals surface area contributed by atoms with Gasteiger partial charge < -0.3 is 4.79 Å². The number of carbonyl (C=O) groups is 3. The quantitative estimate of drug-likeness (QED) is 0.339. The minimum absolute atomic E-state index is 0.114. The fourth-order valence-corrected chi connectivity index (χ4v) is 2.54. The number of thiol groups is 1. The number of ketones is 1. The Morgan fingerprint density at radius 1 is 1.39 bits per heavy atom. The number of halogens is 3. The van der Waals surface area contributed by atoms with Gasteiger partial charge in [0.2, 0.25) is 5.12 Å². The lowest BCUT2D eigenvalue weighted by Gasteiger charge is -2.22. The largest absolute Gasteiger partial charge is 0.400 e. The van der Waals surface area contributed by atoms with Gasteiger partial charge in [0.25, 0.3) is 0 Å². The zero-order valence-corrected chi connectivity index (χ0v) is 11.3. The molecule has 0 heterocycles. The first-order valence-electron chi connectivity index (χ1n) is 5.05. The highest BCUT2D eigenvalue weighted by atomic mass is 32.2. The third-order valence-corrected chi connectivity index (χ3v) is 3.48. The van der Waals surface area contributed by atoms with E-state index in [1.807, 2.05) is 0 Å². The van der Waals surface area contributed by atoms with Gasteiger partial charge in [-0.3, -0.25) is 9.59 Å². The van der Waals surface area contributed by atoms with E-state index in [4.69, 9.17) is 0 Å². The van der Waals surface area contributed by atoms with Gasteiger partial charge in [-0.25, -0.2) is 0 Å². The Hall–Kier alpha value is -0.500. The summed E-state index contributed by atoms with van der Waals surface area (Å²) in [6.07, 6.45) is -4.55. The molecule has 0 aliphatic carbocycles. The van der Waals surface area contributed by atoms with Crippen LogP contribution < -0.4 is 0 Å². The molecule has 0 aromatic rings. The Bertz CT molecular complexity index is 318. The topological polar surface area (TPSA) is 51.2 Å². The van der Waals surface area contributed by atoms with Crippen LogP contribution in [0.2, 0.25) is 0 Å². The standard InChI is InChI=1S/C10H13F3O3S2/c1-6(15)7(5-14)8(10(11,12)13)9(16)18-4-2-3-17/h5,7-8,17H,2-4H2,1H3. The molecule has 18 heavy (non-hydrogen) atoms. The first kappa shape index (κ1) is 17.5. The number of rotatable bonds is 7. The van der Waals surface area contributed by atoms with Crippen molar-refractivity contribution in [2.75, 3.05) is 11.5 Å². The number of hydrogen-bond acceptors (Lipinski definition) is 5. The van der Waals surface area contributed by atoms with Crippen LogP contribution in [0.5, 0.6) is 0 Å². The number of hydrogen-bond donors (Lipinski definition) is 1. The minimum atomic E-state index is -4.90. The molecule has 0 aliphatic rings. The fourth-order valence-electron chi connectivity index (χ4n) is 1.22. The van der Waals surface area contributed by atoms with Crippen LogP contribution in [0.4, 0.5) is 13.2 Å². The van der Waals surface area contributed by atoms with Crippen molar-refractivity contribution in [1.29, 1.82) is 0 Å². The molecule has 0 rings (SSSR count). The Kier molecular flexibility index (Phi) is 7.61. The highest BCUT2D eigenvalue weighted by Gasteiger charge is 2.51. The van der Waals surface area contributed by atoms with Crippen LogP contribution in [0.15, 0.2) is 0 Å². The first-order chi connectivity index (χ1) is 8.25. The minimum Gasteiger partial charge on any atom is -0.303 e. The lowest BCUT2D eigenvalue weighted by Crippen LogP contribution is -2.39. The van der Waals surface area contributed by atoms with Crippen molar-refractivity contribution < 1.29 is 27.6 Å².